The highest BCUT2D eigenvalue weighted by atomic mass is 35.5. The van der Waals surface area contributed by atoms with E-state index in [0.717, 1.165) is 65.9 Å². The topological polar surface area (TPSA) is 88.7 Å². The van der Waals surface area contributed by atoms with Crippen molar-refractivity contribution in [2.75, 3.05) is 30.0 Å². The Morgan fingerprint density at radius 1 is 1.07 bits per heavy atom. The standard InChI is InChI=1S/C33H35ClN6O3S/c1-20-12-15-37(16-13-20)28-10-8-23(18-26(28)34)39-32(31(36-33(39)44)27-7-5-6-14-35-27)25-17-21(2)38(22(25)3)29-19-24(40(41)42)9-11-30(29)43-4/h5-11,14,17-20,31-32H,12-13,15-16H2,1-4H3,(H,36,44)/t31-,32-/m1/s1. The Morgan fingerprint density at radius 3 is 2.50 bits per heavy atom. The van der Waals surface area contributed by atoms with Gasteiger partial charge in [-0.15, -0.1) is 0 Å². The van der Waals surface area contributed by atoms with E-state index in [1.54, 1.807) is 25.4 Å². The molecule has 0 saturated carbocycles. The van der Waals surface area contributed by atoms with Gasteiger partial charge in [-0.1, -0.05) is 24.6 Å². The number of anilines is 2. The van der Waals surface area contributed by atoms with Gasteiger partial charge in [0.1, 0.15) is 5.75 Å². The molecule has 2 saturated heterocycles. The van der Waals surface area contributed by atoms with E-state index in [1.807, 2.05) is 42.7 Å². The normalized spacial score (nSPS) is 18.9. The summed E-state index contributed by atoms with van der Waals surface area (Å²) in [5.41, 5.74) is 6.17. The molecule has 0 spiro atoms. The molecule has 228 valence electrons. The Labute approximate surface area is 267 Å². The number of hydrogen-bond acceptors (Lipinski definition) is 6. The fraction of sp³-hybridized carbons (Fsp3) is 0.333. The number of ether oxygens (including phenoxy) is 1. The Morgan fingerprint density at radius 2 is 1.84 bits per heavy atom. The third-order valence-corrected chi connectivity index (χ3v) is 9.45. The number of nitrogens with zero attached hydrogens (tertiary/aromatic N) is 5. The maximum Gasteiger partial charge on any atom is 0.271 e. The van der Waals surface area contributed by atoms with Gasteiger partial charge in [0.25, 0.3) is 5.69 Å². The van der Waals surface area contributed by atoms with Gasteiger partial charge >= 0.3 is 0 Å². The summed E-state index contributed by atoms with van der Waals surface area (Å²) in [7, 11) is 1.57. The molecule has 0 radical (unpaired) electrons. The smallest absolute Gasteiger partial charge is 0.271 e. The number of benzene rings is 2. The number of non-ortho nitro benzene ring substituents is 1. The lowest BCUT2D eigenvalue weighted by atomic mass is 9.96. The zero-order chi connectivity index (χ0) is 31.1. The molecule has 1 N–H and O–H groups in total. The van der Waals surface area contributed by atoms with Gasteiger partial charge in [-0.2, -0.15) is 0 Å². The van der Waals surface area contributed by atoms with Crippen molar-refractivity contribution in [3.05, 3.63) is 105 Å². The number of pyridine rings is 1. The third-order valence-electron chi connectivity index (χ3n) is 8.83. The number of nitro benzene ring substituents is 1. The van der Waals surface area contributed by atoms with Crippen LogP contribution in [0.15, 0.2) is 66.9 Å². The van der Waals surface area contributed by atoms with E-state index in [1.165, 1.54) is 6.07 Å². The molecule has 2 aliphatic rings. The number of aromatic nitrogens is 2. The van der Waals surface area contributed by atoms with E-state index < -0.39 is 4.92 Å². The first kappa shape index (κ1) is 29.9. The van der Waals surface area contributed by atoms with Crippen molar-refractivity contribution in [2.24, 2.45) is 5.92 Å². The summed E-state index contributed by atoms with van der Waals surface area (Å²) in [6.07, 6.45) is 4.08. The molecule has 2 fully saturated rings. The molecule has 4 aromatic rings. The number of halogens is 1. The molecule has 2 aromatic carbocycles. The molecule has 6 rings (SSSR count). The van der Waals surface area contributed by atoms with Gasteiger partial charge in [-0.05, 0) is 92.9 Å². The van der Waals surface area contributed by atoms with Gasteiger partial charge in [-0.25, -0.2) is 0 Å². The van der Waals surface area contributed by atoms with Crippen LogP contribution in [-0.2, 0) is 0 Å². The van der Waals surface area contributed by atoms with Crippen LogP contribution in [-0.4, -0.2) is 39.8 Å². The molecule has 11 heteroatoms. The van der Waals surface area contributed by atoms with Crippen LogP contribution in [0.4, 0.5) is 17.1 Å². The molecule has 0 amide bonds. The zero-order valence-corrected chi connectivity index (χ0v) is 26.7. The van der Waals surface area contributed by atoms with Crippen molar-refractivity contribution in [3.8, 4) is 11.4 Å². The number of nitrogens with one attached hydrogen (secondary N) is 1. The lowest BCUT2D eigenvalue weighted by Crippen LogP contribution is -2.33. The van der Waals surface area contributed by atoms with Gasteiger partial charge in [0.05, 0.1) is 46.2 Å². The molecule has 44 heavy (non-hydrogen) atoms. The molecular formula is C33H35ClN6O3S. The van der Waals surface area contributed by atoms with Crippen molar-refractivity contribution >= 4 is 46.0 Å². The number of nitro groups is 1. The molecule has 4 heterocycles. The van der Waals surface area contributed by atoms with Crippen LogP contribution in [0.3, 0.4) is 0 Å². The molecule has 2 aliphatic heterocycles. The van der Waals surface area contributed by atoms with E-state index in [2.05, 4.69) is 40.2 Å². The van der Waals surface area contributed by atoms with Gasteiger partial charge < -0.3 is 24.4 Å². The summed E-state index contributed by atoms with van der Waals surface area (Å²) < 4.78 is 7.65. The average molecular weight is 631 g/mol. The second-order valence-electron chi connectivity index (χ2n) is 11.6. The van der Waals surface area contributed by atoms with Crippen molar-refractivity contribution < 1.29 is 9.66 Å². The quantitative estimate of drug-likeness (QED) is 0.128. The van der Waals surface area contributed by atoms with Crippen LogP contribution in [0.25, 0.3) is 5.69 Å². The number of hydrogen-bond donors (Lipinski definition) is 1. The highest BCUT2D eigenvalue weighted by Gasteiger charge is 2.42. The number of rotatable bonds is 7. The summed E-state index contributed by atoms with van der Waals surface area (Å²) in [6, 6.07) is 18.2. The second kappa shape index (κ2) is 12.1. The zero-order valence-electron chi connectivity index (χ0n) is 25.2. The average Bonchev–Trinajstić information content (AvgIpc) is 3.52. The predicted molar refractivity (Wildman–Crippen MR) is 178 cm³/mol. The fourth-order valence-corrected chi connectivity index (χ4v) is 7.17. The first-order valence-corrected chi connectivity index (χ1v) is 15.5. The monoisotopic (exact) mass is 630 g/mol. The number of piperidine rings is 1. The van der Waals surface area contributed by atoms with Crippen molar-refractivity contribution in [1.82, 2.24) is 14.9 Å². The molecule has 2 aromatic heterocycles. The van der Waals surface area contributed by atoms with Gasteiger partial charge in [0.15, 0.2) is 5.11 Å². The maximum absolute atomic E-state index is 11.7. The van der Waals surface area contributed by atoms with E-state index in [9.17, 15) is 10.1 Å². The summed E-state index contributed by atoms with van der Waals surface area (Å²) in [5, 5.41) is 16.5. The molecule has 0 aliphatic carbocycles. The molecular weight excluding hydrogens is 596 g/mol. The maximum atomic E-state index is 11.7. The minimum atomic E-state index is -0.395. The van der Waals surface area contributed by atoms with Crippen molar-refractivity contribution in [1.29, 1.82) is 0 Å². The summed E-state index contributed by atoms with van der Waals surface area (Å²) in [6.45, 7) is 8.28. The number of aryl methyl sites for hydroxylation is 1. The first-order chi connectivity index (χ1) is 21.2. The van der Waals surface area contributed by atoms with Gasteiger partial charge in [0.2, 0.25) is 0 Å². The number of thiocarbonyl (C=S) groups is 1. The highest BCUT2D eigenvalue weighted by Crippen LogP contribution is 2.46. The van der Waals surface area contributed by atoms with Crippen LogP contribution in [0.1, 0.15) is 54.5 Å². The fourth-order valence-electron chi connectivity index (χ4n) is 6.53. The lowest BCUT2D eigenvalue weighted by Gasteiger charge is -2.33. The van der Waals surface area contributed by atoms with Crippen LogP contribution < -0.4 is 19.9 Å². The van der Waals surface area contributed by atoms with Crippen LogP contribution in [0, 0.1) is 29.9 Å². The van der Waals surface area contributed by atoms with E-state index in [-0.39, 0.29) is 17.8 Å². The SMILES string of the molecule is COc1ccc([N+](=O)[O-])cc1-n1c(C)cc([C@@H]2[C@@H](c3ccccn3)NC(=S)N2c2ccc(N3CCC(C)CC3)c(Cl)c2)c1C. The van der Waals surface area contributed by atoms with Crippen LogP contribution in [0.2, 0.25) is 5.02 Å². The molecule has 9 nitrogen and oxygen atoms in total. The summed E-state index contributed by atoms with van der Waals surface area (Å²) in [5.74, 6) is 1.26. The van der Waals surface area contributed by atoms with Crippen molar-refractivity contribution in [3.63, 3.8) is 0 Å². The van der Waals surface area contributed by atoms with Gasteiger partial charge in [0, 0.05) is 48.5 Å². The third kappa shape index (κ3) is 5.37. The van der Waals surface area contributed by atoms with Crippen molar-refractivity contribution in [2.45, 2.75) is 45.7 Å². The van der Waals surface area contributed by atoms with Gasteiger partial charge in [-0.3, -0.25) is 15.1 Å². The lowest BCUT2D eigenvalue weighted by molar-refractivity contribution is -0.384. The van der Waals surface area contributed by atoms with E-state index in [4.69, 9.17) is 33.5 Å². The minimum Gasteiger partial charge on any atom is -0.495 e. The first-order valence-electron chi connectivity index (χ1n) is 14.7. The molecule has 0 unspecified atom stereocenters. The van der Waals surface area contributed by atoms with Crippen LogP contribution in [0.5, 0.6) is 5.75 Å². The molecule has 2 atom stereocenters. The second-order valence-corrected chi connectivity index (χ2v) is 12.4. The largest absolute Gasteiger partial charge is 0.495 e. The van der Waals surface area contributed by atoms with E-state index >= 15 is 0 Å². The Hall–Kier alpha value is -4.15. The predicted octanol–water partition coefficient (Wildman–Crippen LogP) is 7.47. The van der Waals surface area contributed by atoms with Crippen LogP contribution >= 0.6 is 23.8 Å². The van der Waals surface area contributed by atoms with E-state index in [0.29, 0.717) is 21.6 Å². The number of methoxy groups -OCH3 is 1. The highest BCUT2D eigenvalue weighted by molar-refractivity contribution is 7.80. The minimum absolute atomic E-state index is 0.00977. The molecule has 0 bridgehead atoms. The summed E-state index contributed by atoms with van der Waals surface area (Å²) in [4.78, 5) is 20.4. The summed E-state index contributed by atoms with van der Waals surface area (Å²) >= 11 is 13.0. The Kier molecular flexibility index (Phi) is 8.22. The Bertz CT molecular complexity index is 1720. The Balaban J connectivity index is 1.47.